The molecule has 0 aliphatic rings. The van der Waals surface area contributed by atoms with E-state index in [2.05, 4.69) is 4.98 Å². The number of benzene rings is 1. The molecule has 5 heteroatoms. The van der Waals surface area contributed by atoms with Crippen molar-refractivity contribution in [2.45, 2.75) is 13.0 Å². The minimum Gasteiger partial charge on any atom is -0.455 e. The Balaban J connectivity index is 2.24. The maximum atomic E-state index is 11.2. The number of carbonyl (C=O) groups excluding carboxylic acids is 1. The third-order valence-electron chi connectivity index (χ3n) is 2.57. The Kier molecular flexibility index (Phi) is 3.77. The first-order valence-electron chi connectivity index (χ1n) is 5.78. The molecule has 1 heterocycles. The van der Waals surface area contributed by atoms with Crippen LogP contribution < -0.4 is 10.5 Å². The third kappa shape index (κ3) is 3.08. The van der Waals surface area contributed by atoms with E-state index in [0.29, 0.717) is 22.8 Å². The van der Waals surface area contributed by atoms with E-state index in [1.807, 2.05) is 0 Å². The average molecular weight is 258 g/mol. The van der Waals surface area contributed by atoms with Gasteiger partial charge in [0, 0.05) is 0 Å². The zero-order valence-electron chi connectivity index (χ0n) is 10.4. The summed E-state index contributed by atoms with van der Waals surface area (Å²) < 4.78 is 5.56. The molecule has 5 nitrogen and oxygen atoms in total. The van der Waals surface area contributed by atoms with Crippen LogP contribution in [-0.2, 0) is 0 Å². The molecule has 1 aromatic heterocycles. The molecule has 0 radical (unpaired) electrons. The minimum atomic E-state index is -0.632. The third-order valence-corrected chi connectivity index (χ3v) is 2.57. The van der Waals surface area contributed by atoms with Crippen LogP contribution >= 0.6 is 0 Å². The maximum absolute atomic E-state index is 11.2. The predicted molar refractivity (Wildman–Crippen MR) is 69.9 cm³/mol. The molecular formula is C14H14N2O3. The standard InChI is InChI=1S/C14H14N2O3/c1-9(17)12-7-6-10(8-16-12)19-13-5-3-2-4-11(13)14(15)18/h2-9,17H,1H3,(H2,15,18)/t9-/m1/s1. The normalized spacial score (nSPS) is 11.9. The molecule has 0 spiro atoms. The molecule has 0 aliphatic carbocycles. The van der Waals surface area contributed by atoms with Gasteiger partial charge in [-0.2, -0.15) is 0 Å². The molecule has 0 aliphatic heterocycles. The van der Waals surface area contributed by atoms with E-state index in [1.165, 1.54) is 6.20 Å². The van der Waals surface area contributed by atoms with Crippen molar-refractivity contribution in [2.75, 3.05) is 0 Å². The van der Waals surface area contributed by atoms with Gasteiger partial charge in [-0.15, -0.1) is 0 Å². The van der Waals surface area contributed by atoms with Gasteiger partial charge in [-0.25, -0.2) is 0 Å². The molecule has 2 rings (SSSR count). The van der Waals surface area contributed by atoms with Gasteiger partial charge in [-0.3, -0.25) is 9.78 Å². The maximum Gasteiger partial charge on any atom is 0.252 e. The van der Waals surface area contributed by atoms with Crippen LogP contribution in [0, 0.1) is 0 Å². The lowest BCUT2D eigenvalue weighted by molar-refractivity contribution is 0.0998. The van der Waals surface area contributed by atoms with Crippen LogP contribution in [-0.4, -0.2) is 16.0 Å². The summed E-state index contributed by atoms with van der Waals surface area (Å²) in [5, 5.41) is 9.36. The van der Waals surface area contributed by atoms with Gasteiger partial charge in [0.25, 0.3) is 5.91 Å². The van der Waals surface area contributed by atoms with Crippen LogP contribution in [0.4, 0.5) is 0 Å². The molecule has 0 fully saturated rings. The molecule has 3 N–H and O–H groups in total. The van der Waals surface area contributed by atoms with Gasteiger partial charge in [-0.05, 0) is 31.2 Å². The fourth-order valence-corrected chi connectivity index (χ4v) is 1.59. The van der Waals surface area contributed by atoms with E-state index in [0.717, 1.165) is 0 Å². The van der Waals surface area contributed by atoms with Crippen molar-refractivity contribution in [1.82, 2.24) is 4.98 Å². The van der Waals surface area contributed by atoms with Crippen molar-refractivity contribution in [1.29, 1.82) is 0 Å². The molecule has 98 valence electrons. The first-order chi connectivity index (χ1) is 9.08. The highest BCUT2D eigenvalue weighted by molar-refractivity contribution is 5.95. The number of pyridine rings is 1. The van der Waals surface area contributed by atoms with Crippen LogP contribution in [0.5, 0.6) is 11.5 Å². The molecule has 19 heavy (non-hydrogen) atoms. The molecule has 2 aromatic rings. The summed E-state index contributed by atoms with van der Waals surface area (Å²) in [6.45, 7) is 1.63. The molecule has 0 bridgehead atoms. The lowest BCUT2D eigenvalue weighted by Gasteiger charge is -2.09. The summed E-state index contributed by atoms with van der Waals surface area (Å²) in [6, 6.07) is 10.0. The molecule has 0 saturated heterocycles. The summed E-state index contributed by atoms with van der Waals surface area (Å²) >= 11 is 0. The molecule has 1 atom stereocenters. The summed E-state index contributed by atoms with van der Waals surface area (Å²) in [5.74, 6) is 0.295. The van der Waals surface area contributed by atoms with Crippen LogP contribution in [0.2, 0.25) is 0 Å². The van der Waals surface area contributed by atoms with E-state index in [-0.39, 0.29) is 0 Å². The number of amides is 1. The van der Waals surface area contributed by atoms with Gasteiger partial charge in [0.15, 0.2) is 0 Å². The first-order valence-corrected chi connectivity index (χ1v) is 5.78. The fraction of sp³-hybridized carbons (Fsp3) is 0.143. The van der Waals surface area contributed by atoms with Crippen molar-refractivity contribution >= 4 is 5.91 Å². The quantitative estimate of drug-likeness (QED) is 0.878. The van der Waals surface area contributed by atoms with E-state index in [4.69, 9.17) is 10.5 Å². The Morgan fingerprint density at radius 3 is 2.63 bits per heavy atom. The number of rotatable bonds is 4. The smallest absolute Gasteiger partial charge is 0.252 e. The number of carbonyl (C=O) groups is 1. The van der Waals surface area contributed by atoms with E-state index >= 15 is 0 Å². The summed E-state index contributed by atoms with van der Waals surface area (Å²) in [7, 11) is 0. The highest BCUT2D eigenvalue weighted by Crippen LogP contribution is 2.25. The van der Waals surface area contributed by atoms with Gasteiger partial charge in [-0.1, -0.05) is 12.1 Å². The van der Waals surface area contributed by atoms with E-state index in [9.17, 15) is 9.90 Å². The van der Waals surface area contributed by atoms with Crippen LogP contribution in [0.15, 0.2) is 42.6 Å². The SMILES string of the molecule is C[C@@H](O)c1ccc(Oc2ccccc2C(N)=O)cn1. The summed E-state index contributed by atoms with van der Waals surface area (Å²) in [5.41, 5.74) is 6.12. The van der Waals surface area contributed by atoms with Crippen molar-refractivity contribution in [3.8, 4) is 11.5 Å². The van der Waals surface area contributed by atoms with Gasteiger partial charge >= 0.3 is 0 Å². The van der Waals surface area contributed by atoms with Gasteiger partial charge in [0.05, 0.1) is 23.6 Å². The molecule has 0 saturated carbocycles. The number of aromatic nitrogens is 1. The summed E-state index contributed by atoms with van der Waals surface area (Å²) in [4.78, 5) is 15.3. The lowest BCUT2D eigenvalue weighted by Crippen LogP contribution is -2.12. The number of nitrogens with zero attached hydrogens (tertiary/aromatic N) is 1. The number of para-hydroxylation sites is 1. The molecule has 1 aromatic carbocycles. The largest absolute Gasteiger partial charge is 0.455 e. The second-order valence-corrected chi connectivity index (χ2v) is 4.06. The second kappa shape index (κ2) is 5.49. The Bertz CT molecular complexity index is 579. The minimum absolute atomic E-state index is 0.308. The monoisotopic (exact) mass is 258 g/mol. The van der Waals surface area contributed by atoms with Crippen LogP contribution in [0.25, 0.3) is 0 Å². The number of hydrogen-bond acceptors (Lipinski definition) is 4. The van der Waals surface area contributed by atoms with Crippen molar-refractivity contribution in [3.05, 3.63) is 53.9 Å². The van der Waals surface area contributed by atoms with Crippen molar-refractivity contribution in [3.63, 3.8) is 0 Å². The zero-order valence-corrected chi connectivity index (χ0v) is 10.4. The number of aliphatic hydroxyl groups excluding tert-OH is 1. The number of ether oxygens (including phenoxy) is 1. The number of nitrogens with two attached hydrogens (primary N) is 1. The number of hydrogen-bond donors (Lipinski definition) is 2. The summed E-state index contributed by atoms with van der Waals surface area (Å²) in [6.07, 6.45) is 0.853. The van der Waals surface area contributed by atoms with E-state index in [1.54, 1.807) is 43.3 Å². The molecule has 1 amide bonds. The van der Waals surface area contributed by atoms with E-state index < -0.39 is 12.0 Å². The van der Waals surface area contributed by atoms with Crippen LogP contribution in [0.3, 0.4) is 0 Å². The number of aliphatic hydroxyl groups is 1. The highest BCUT2D eigenvalue weighted by atomic mass is 16.5. The zero-order chi connectivity index (χ0) is 13.8. The van der Waals surface area contributed by atoms with Gasteiger partial charge in [0.1, 0.15) is 11.5 Å². The lowest BCUT2D eigenvalue weighted by atomic mass is 10.2. The second-order valence-electron chi connectivity index (χ2n) is 4.06. The average Bonchev–Trinajstić information content (AvgIpc) is 2.39. The van der Waals surface area contributed by atoms with Crippen molar-refractivity contribution < 1.29 is 14.6 Å². The Labute approximate surface area is 110 Å². The fourth-order valence-electron chi connectivity index (χ4n) is 1.59. The molecular weight excluding hydrogens is 244 g/mol. The first kappa shape index (κ1) is 13.0. The van der Waals surface area contributed by atoms with Crippen molar-refractivity contribution in [2.24, 2.45) is 5.73 Å². The molecule has 0 unspecified atom stereocenters. The van der Waals surface area contributed by atoms with Gasteiger partial charge < -0.3 is 15.6 Å². The van der Waals surface area contributed by atoms with Gasteiger partial charge in [0.2, 0.25) is 0 Å². The topological polar surface area (TPSA) is 85.4 Å². The number of primary amides is 1. The van der Waals surface area contributed by atoms with Crippen LogP contribution in [0.1, 0.15) is 29.1 Å². The Hall–Kier alpha value is -2.40. The highest BCUT2D eigenvalue weighted by Gasteiger charge is 2.09. The Morgan fingerprint density at radius 2 is 2.05 bits per heavy atom. The predicted octanol–water partition coefficient (Wildman–Crippen LogP) is 2.03. The Morgan fingerprint density at radius 1 is 1.32 bits per heavy atom.